The lowest BCUT2D eigenvalue weighted by Crippen LogP contribution is -2.28. The van der Waals surface area contributed by atoms with Gasteiger partial charge in [0.1, 0.15) is 0 Å². The lowest BCUT2D eigenvalue weighted by molar-refractivity contribution is 0.0587. The number of methoxy groups -OCH3 is 1. The number of benzene rings is 1. The predicted octanol–water partition coefficient (Wildman–Crippen LogP) is 2.25. The molecule has 0 aliphatic rings. The highest BCUT2D eigenvalue weighted by molar-refractivity contribution is 7.09. The first-order valence-electron chi connectivity index (χ1n) is 7.08. The standard InChI is InChI=1S/C16H20N2O3S/c1-11-18-15(10-22-11)12-4-3-5-13(8-12)16(20)17-7-6-14(19)9-21-2/h3-5,8,10,14,19H,6-7,9H2,1-2H3,(H,17,20). The van der Waals surface area contributed by atoms with Gasteiger partial charge in [-0.05, 0) is 25.5 Å². The number of hydrogen-bond acceptors (Lipinski definition) is 5. The molecule has 0 saturated heterocycles. The summed E-state index contributed by atoms with van der Waals surface area (Å²) in [6.45, 7) is 2.63. The van der Waals surface area contributed by atoms with Gasteiger partial charge in [0.25, 0.3) is 5.91 Å². The second-order valence-corrected chi connectivity index (χ2v) is 6.05. The molecule has 6 heteroatoms. The van der Waals surface area contributed by atoms with Crippen molar-refractivity contribution in [2.45, 2.75) is 19.4 Å². The van der Waals surface area contributed by atoms with Gasteiger partial charge in [-0.2, -0.15) is 0 Å². The highest BCUT2D eigenvalue weighted by Crippen LogP contribution is 2.22. The fraction of sp³-hybridized carbons (Fsp3) is 0.375. The van der Waals surface area contributed by atoms with E-state index in [-0.39, 0.29) is 12.5 Å². The minimum Gasteiger partial charge on any atom is -0.391 e. The maximum Gasteiger partial charge on any atom is 0.251 e. The number of aromatic nitrogens is 1. The van der Waals surface area contributed by atoms with Crippen LogP contribution in [0, 0.1) is 6.92 Å². The predicted molar refractivity (Wildman–Crippen MR) is 87.1 cm³/mol. The first-order chi connectivity index (χ1) is 10.6. The summed E-state index contributed by atoms with van der Waals surface area (Å²) >= 11 is 1.58. The van der Waals surface area contributed by atoms with Gasteiger partial charge in [0.05, 0.1) is 23.4 Å². The molecule has 1 aromatic heterocycles. The van der Waals surface area contributed by atoms with E-state index < -0.39 is 6.10 Å². The number of carbonyl (C=O) groups is 1. The van der Waals surface area contributed by atoms with Gasteiger partial charge in [-0.25, -0.2) is 4.98 Å². The summed E-state index contributed by atoms with van der Waals surface area (Å²) in [6.07, 6.45) is -0.0977. The Hall–Kier alpha value is -1.76. The van der Waals surface area contributed by atoms with Crippen LogP contribution >= 0.6 is 11.3 Å². The van der Waals surface area contributed by atoms with Crippen molar-refractivity contribution in [2.24, 2.45) is 0 Å². The summed E-state index contributed by atoms with van der Waals surface area (Å²) < 4.78 is 4.84. The van der Waals surface area contributed by atoms with E-state index in [1.54, 1.807) is 17.4 Å². The van der Waals surface area contributed by atoms with Crippen molar-refractivity contribution in [1.82, 2.24) is 10.3 Å². The topological polar surface area (TPSA) is 71.5 Å². The van der Waals surface area contributed by atoms with Gasteiger partial charge in [-0.3, -0.25) is 4.79 Å². The molecule has 118 valence electrons. The molecule has 1 unspecified atom stereocenters. The van der Waals surface area contributed by atoms with E-state index in [0.717, 1.165) is 16.3 Å². The Morgan fingerprint density at radius 3 is 3.00 bits per heavy atom. The van der Waals surface area contributed by atoms with Crippen LogP contribution in [0.4, 0.5) is 0 Å². The second-order valence-electron chi connectivity index (χ2n) is 4.99. The number of aliphatic hydroxyl groups excluding tert-OH is 1. The Balaban J connectivity index is 1.96. The summed E-state index contributed by atoms with van der Waals surface area (Å²) in [7, 11) is 1.54. The van der Waals surface area contributed by atoms with E-state index in [2.05, 4.69) is 10.3 Å². The number of nitrogens with zero attached hydrogens (tertiary/aromatic N) is 1. The smallest absolute Gasteiger partial charge is 0.251 e. The summed E-state index contributed by atoms with van der Waals surface area (Å²) in [5, 5.41) is 15.3. The van der Waals surface area contributed by atoms with Crippen LogP contribution in [-0.2, 0) is 4.74 Å². The lowest BCUT2D eigenvalue weighted by Gasteiger charge is -2.10. The summed E-state index contributed by atoms with van der Waals surface area (Å²) in [6, 6.07) is 7.38. The third-order valence-electron chi connectivity index (χ3n) is 3.16. The average Bonchev–Trinajstić information content (AvgIpc) is 2.94. The molecule has 0 saturated carbocycles. The summed E-state index contributed by atoms with van der Waals surface area (Å²) in [5.74, 6) is -0.154. The van der Waals surface area contributed by atoms with Crippen molar-refractivity contribution in [3.8, 4) is 11.3 Å². The average molecular weight is 320 g/mol. The van der Waals surface area contributed by atoms with Crippen LogP contribution in [0.1, 0.15) is 21.8 Å². The molecular formula is C16H20N2O3S. The first-order valence-corrected chi connectivity index (χ1v) is 7.96. The highest BCUT2D eigenvalue weighted by atomic mass is 32.1. The number of aryl methyl sites for hydroxylation is 1. The zero-order valence-electron chi connectivity index (χ0n) is 12.7. The van der Waals surface area contributed by atoms with Crippen molar-refractivity contribution in [3.63, 3.8) is 0 Å². The highest BCUT2D eigenvalue weighted by Gasteiger charge is 2.09. The molecule has 2 rings (SSSR count). The fourth-order valence-corrected chi connectivity index (χ4v) is 2.67. The molecule has 0 aliphatic carbocycles. The third kappa shape index (κ3) is 4.62. The number of thiazole rings is 1. The van der Waals surface area contributed by atoms with Gasteiger partial charge in [-0.15, -0.1) is 11.3 Å². The lowest BCUT2D eigenvalue weighted by atomic mass is 10.1. The minimum atomic E-state index is -0.561. The Bertz CT molecular complexity index is 627. The molecule has 0 spiro atoms. The monoisotopic (exact) mass is 320 g/mol. The Morgan fingerprint density at radius 1 is 1.50 bits per heavy atom. The Labute approximate surface area is 134 Å². The van der Waals surface area contributed by atoms with E-state index in [9.17, 15) is 9.90 Å². The number of carbonyl (C=O) groups excluding carboxylic acids is 1. The van der Waals surface area contributed by atoms with Gasteiger partial charge in [-0.1, -0.05) is 12.1 Å². The normalized spacial score (nSPS) is 12.1. The largest absolute Gasteiger partial charge is 0.391 e. The van der Waals surface area contributed by atoms with Crippen LogP contribution in [-0.4, -0.2) is 42.4 Å². The maximum atomic E-state index is 12.1. The van der Waals surface area contributed by atoms with Gasteiger partial charge >= 0.3 is 0 Å². The molecule has 0 bridgehead atoms. The number of rotatable bonds is 7. The van der Waals surface area contributed by atoms with Crippen LogP contribution in [0.15, 0.2) is 29.6 Å². The van der Waals surface area contributed by atoms with Crippen LogP contribution in [0.3, 0.4) is 0 Å². The van der Waals surface area contributed by atoms with Crippen molar-refractivity contribution >= 4 is 17.2 Å². The molecule has 1 heterocycles. The van der Waals surface area contributed by atoms with Crippen LogP contribution in [0.25, 0.3) is 11.3 Å². The van der Waals surface area contributed by atoms with Crippen molar-refractivity contribution in [3.05, 3.63) is 40.2 Å². The quantitative estimate of drug-likeness (QED) is 0.821. The minimum absolute atomic E-state index is 0.154. The zero-order chi connectivity index (χ0) is 15.9. The molecule has 5 nitrogen and oxygen atoms in total. The molecule has 0 aliphatic heterocycles. The molecule has 0 radical (unpaired) electrons. The SMILES string of the molecule is COCC(O)CCNC(=O)c1cccc(-c2csc(C)n2)c1. The van der Waals surface area contributed by atoms with Crippen molar-refractivity contribution < 1.29 is 14.6 Å². The van der Waals surface area contributed by atoms with E-state index in [1.165, 1.54) is 7.11 Å². The van der Waals surface area contributed by atoms with Crippen molar-refractivity contribution in [2.75, 3.05) is 20.3 Å². The summed E-state index contributed by atoms with van der Waals surface area (Å²) in [4.78, 5) is 16.6. The molecule has 22 heavy (non-hydrogen) atoms. The van der Waals surface area contributed by atoms with E-state index in [1.807, 2.05) is 30.5 Å². The maximum absolute atomic E-state index is 12.1. The number of ether oxygens (including phenoxy) is 1. The van der Waals surface area contributed by atoms with E-state index in [0.29, 0.717) is 18.5 Å². The van der Waals surface area contributed by atoms with E-state index >= 15 is 0 Å². The molecular weight excluding hydrogens is 300 g/mol. The molecule has 2 N–H and O–H groups in total. The number of hydrogen-bond donors (Lipinski definition) is 2. The van der Waals surface area contributed by atoms with E-state index in [4.69, 9.17) is 4.74 Å². The number of aliphatic hydroxyl groups is 1. The zero-order valence-corrected chi connectivity index (χ0v) is 13.5. The van der Waals surface area contributed by atoms with Crippen LogP contribution in [0.5, 0.6) is 0 Å². The van der Waals surface area contributed by atoms with Gasteiger partial charge in [0, 0.05) is 30.2 Å². The molecule has 1 atom stereocenters. The summed E-state index contributed by atoms with van der Waals surface area (Å²) in [5.41, 5.74) is 2.40. The Morgan fingerprint density at radius 2 is 2.32 bits per heavy atom. The molecule has 0 fully saturated rings. The molecule has 1 amide bonds. The van der Waals surface area contributed by atoms with Gasteiger partial charge in [0.15, 0.2) is 0 Å². The van der Waals surface area contributed by atoms with Crippen LogP contribution in [0.2, 0.25) is 0 Å². The second kappa shape index (κ2) is 8.03. The molecule has 2 aromatic rings. The Kier molecular flexibility index (Phi) is 6.06. The number of nitrogens with one attached hydrogen (secondary N) is 1. The van der Waals surface area contributed by atoms with Crippen molar-refractivity contribution in [1.29, 1.82) is 0 Å². The van der Waals surface area contributed by atoms with Gasteiger partial charge < -0.3 is 15.2 Å². The van der Waals surface area contributed by atoms with Crippen LogP contribution < -0.4 is 5.32 Å². The fourth-order valence-electron chi connectivity index (χ4n) is 2.05. The third-order valence-corrected chi connectivity index (χ3v) is 3.94. The molecule has 1 aromatic carbocycles. The number of amides is 1. The first kappa shape index (κ1) is 16.6. The van der Waals surface area contributed by atoms with Gasteiger partial charge in [0.2, 0.25) is 0 Å².